The Kier molecular flexibility index (Phi) is 4.81. The maximum atomic E-state index is 12.8. The lowest BCUT2D eigenvalue weighted by molar-refractivity contribution is -0.118. The Morgan fingerprint density at radius 2 is 2.12 bits per heavy atom. The topological polar surface area (TPSA) is 92.5 Å². The highest BCUT2D eigenvalue weighted by Gasteiger charge is 2.36. The molecule has 0 radical (unpaired) electrons. The number of amides is 1. The van der Waals surface area contributed by atoms with Gasteiger partial charge >= 0.3 is 0 Å². The minimum Gasteiger partial charge on any atom is -0.355 e. The van der Waals surface area contributed by atoms with Crippen molar-refractivity contribution in [2.45, 2.75) is 29.5 Å². The van der Waals surface area contributed by atoms with Crippen molar-refractivity contribution in [2.75, 3.05) is 13.1 Å². The second kappa shape index (κ2) is 6.74. The van der Waals surface area contributed by atoms with E-state index in [9.17, 15) is 13.2 Å². The third kappa shape index (κ3) is 3.68. The minimum absolute atomic E-state index is 0.242. The van der Waals surface area contributed by atoms with E-state index in [1.54, 1.807) is 18.2 Å². The number of piperidine rings is 1. The number of hydrogen-bond donors (Lipinski definition) is 1. The molecule has 0 atom stereocenters. The number of thiophene rings is 1. The molecule has 0 bridgehead atoms. The van der Waals surface area contributed by atoms with Gasteiger partial charge in [0.05, 0.1) is 11.1 Å². The predicted octanol–water partition coefficient (Wildman–Crippen LogP) is 2.25. The number of nitrogens with one attached hydrogen (secondary N) is 1. The first-order valence-corrected chi connectivity index (χ1v) is 10.1. The summed E-state index contributed by atoms with van der Waals surface area (Å²) < 4.78 is 32.5. The highest BCUT2D eigenvalue weighted by Crippen LogP contribution is 2.34. The van der Waals surface area contributed by atoms with Crippen LogP contribution in [0.2, 0.25) is 0 Å². The molecule has 0 aromatic carbocycles. The SMILES string of the molecule is C=CC(=O)NC1(C)CCN(S(=O)(=O)c2ccc(-c3ccno3)s2)CC1. The lowest BCUT2D eigenvalue weighted by Gasteiger charge is -2.38. The molecule has 3 rings (SSSR count). The average molecular weight is 381 g/mol. The van der Waals surface area contributed by atoms with Crippen molar-refractivity contribution in [1.29, 1.82) is 0 Å². The van der Waals surface area contributed by atoms with Gasteiger partial charge in [0, 0.05) is 24.7 Å². The van der Waals surface area contributed by atoms with Gasteiger partial charge in [0.1, 0.15) is 4.21 Å². The van der Waals surface area contributed by atoms with Gasteiger partial charge in [-0.05, 0) is 38.0 Å². The largest absolute Gasteiger partial charge is 0.355 e. The van der Waals surface area contributed by atoms with Gasteiger partial charge < -0.3 is 9.84 Å². The fraction of sp³-hybridized carbons (Fsp3) is 0.375. The summed E-state index contributed by atoms with van der Waals surface area (Å²) in [6.45, 7) is 6.07. The smallest absolute Gasteiger partial charge is 0.252 e. The van der Waals surface area contributed by atoms with E-state index in [-0.39, 0.29) is 10.1 Å². The molecule has 1 amide bonds. The number of sulfonamides is 1. The molecule has 1 saturated heterocycles. The van der Waals surface area contributed by atoms with Crippen molar-refractivity contribution < 1.29 is 17.7 Å². The molecule has 134 valence electrons. The van der Waals surface area contributed by atoms with E-state index in [1.807, 2.05) is 6.92 Å². The molecule has 2 aromatic heterocycles. The Bertz CT molecular complexity index is 863. The molecule has 0 saturated carbocycles. The summed E-state index contributed by atoms with van der Waals surface area (Å²) in [4.78, 5) is 12.2. The Morgan fingerprint density at radius 1 is 1.40 bits per heavy atom. The van der Waals surface area contributed by atoms with Crippen molar-refractivity contribution in [2.24, 2.45) is 0 Å². The zero-order valence-electron chi connectivity index (χ0n) is 13.8. The first-order chi connectivity index (χ1) is 11.8. The van der Waals surface area contributed by atoms with Gasteiger partial charge in [0.2, 0.25) is 5.91 Å². The zero-order chi connectivity index (χ0) is 18.1. The summed E-state index contributed by atoms with van der Waals surface area (Å²) in [7, 11) is -3.56. The van der Waals surface area contributed by atoms with Crippen LogP contribution in [-0.4, -0.2) is 42.4 Å². The number of carbonyl (C=O) groups excluding carboxylic acids is 1. The van der Waals surface area contributed by atoms with E-state index in [0.29, 0.717) is 31.7 Å². The van der Waals surface area contributed by atoms with Gasteiger partial charge in [-0.3, -0.25) is 4.79 Å². The van der Waals surface area contributed by atoms with Gasteiger partial charge in [-0.15, -0.1) is 11.3 Å². The van der Waals surface area contributed by atoms with Crippen LogP contribution in [0.3, 0.4) is 0 Å². The van der Waals surface area contributed by atoms with Gasteiger partial charge in [0.25, 0.3) is 10.0 Å². The van der Waals surface area contributed by atoms with Crippen LogP contribution in [0.1, 0.15) is 19.8 Å². The number of carbonyl (C=O) groups is 1. The number of aromatic nitrogens is 1. The molecule has 2 aromatic rings. The fourth-order valence-electron chi connectivity index (χ4n) is 2.75. The molecule has 7 nitrogen and oxygen atoms in total. The standard InChI is InChI=1S/C16H19N3O4S2/c1-3-14(20)18-16(2)7-10-19(11-8-16)25(21,22)15-5-4-13(24-15)12-6-9-17-23-12/h3-6,9H,1,7-8,10-11H2,2H3,(H,18,20). The van der Waals surface area contributed by atoms with Crippen molar-refractivity contribution in [3.8, 4) is 10.6 Å². The second-order valence-corrected chi connectivity index (χ2v) is 9.40. The average Bonchev–Trinajstić information content (AvgIpc) is 3.26. The summed E-state index contributed by atoms with van der Waals surface area (Å²) in [5.74, 6) is 0.304. The van der Waals surface area contributed by atoms with Gasteiger partial charge in [-0.2, -0.15) is 4.31 Å². The zero-order valence-corrected chi connectivity index (χ0v) is 15.4. The molecule has 25 heavy (non-hydrogen) atoms. The van der Waals surface area contributed by atoms with Crippen LogP contribution in [0.25, 0.3) is 10.6 Å². The molecule has 1 N–H and O–H groups in total. The quantitative estimate of drug-likeness (QED) is 0.802. The van der Waals surface area contributed by atoms with Crippen LogP contribution in [0, 0.1) is 0 Å². The molecule has 1 aliphatic heterocycles. The molecule has 0 spiro atoms. The van der Waals surface area contributed by atoms with Crippen LogP contribution in [-0.2, 0) is 14.8 Å². The molecule has 9 heteroatoms. The molecular weight excluding hydrogens is 362 g/mol. The monoisotopic (exact) mass is 381 g/mol. The summed E-state index contributed by atoms with van der Waals surface area (Å²) >= 11 is 1.16. The molecule has 1 fully saturated rings. The van der Waals surface area contributed by atoms with E-state index >= 15 is 0 Å². The molecule has 1 aliphatic rings. The van der Waals surface area contributed by atoms with E-state index in [0.717, 1.165) is 16.2 Å². The van der Waals surface area contributed by atoms with Crippen molar-refractivity contribution in [3.05, 3.63) is 37.1 Å². The maximum Gasteiger partial charge on any atom is 0.252 e. The lowest BCUT2D eigenvalue weighted by Crippen LogP contribution is -2.53. The van der Waals surface area contributed by atoms with Crippen molar-refractivity contribution in [3.63, 3.8) is 0 Å². The highest BCUT2D eigenvalue weighted by atomic mass is 32.2. The van der Waals surface area contributed by atoms with Gasteiger partial charge in [-0.25, -0.2) is 8.42 Å². The van der Waals surface area contributed by atoms with E-state index in [4.69, 9.17) is 4.52 Å². The van der Waals surface area contributed by atoms with Crippen LogP contribution in [0.4, 0.5) is 0 Å². The third-order valence-electron chi connectivity index (χ3n) is 4.29. The molecule has 0 unspecified atom stereocenters. The minimum atomic E-state index is -3.56. The number of nitrogens with zero attached hydrogens (tertiary/aromatic N) is 2. The summed E-state index contributed by atoms with van der Waals surface area (Å²) in [6, 6.07) is 5.00. The van der Waals surface area contributed by atoms with Gasteiger partial charge in [-0.1, -0.05) is 11.7 Å². The fourth-order valence-corrected chi connectivity index (χ4v) is 5.61. The Hall–Kier alpha value is -1.97. The van der Waals surface area contributed by atoms with Crippen molar-refractivity contribution in [1.82, 2.24) is 14.8 Å². The second-order valence-electron chi connectivity index (χ2n) is 6.15. The number of hydrogen-bond acceptors (Lipinski definition) is 6. The van der Waals surface area contributed by atoms with Crippen LogP contribution < -0.4 is 5.32 Å². The molecule has 3 heterocycles. The van der Waals surface area contributed by atoms with E-state index in [2.05, 4.69) is 17.1 Å². The van der Waals surface area contributed by atoms with E-state index in [1.165, 1.54) is 16.6 Å². The molecular formula is C16H19N3O4S2. The highest BCUT2D eigenvalue weighted by molar-refractivity contribution is 7.91. The van der Waals surface area contributed by atoms with Crippen LogP contribution >= 0.6 is 11.3 Å². The van der Waals surface area contributed by atoms with Crippen LogP contribution in [0.15, 0.2) is 45.8 Å². The van der Waals surface area contributed by atoms with Crippen LogP contribution in [0.5, 0.6) is 0 Å². The third-order valence-corrected chi connectivity index (χ3v) is 7.76. The molecule has 0 aliphatic carbocycles. The Morgan fingerprint density at radius 3 is 2.72 bits per heavy atom. The predicted molar refractivity (Wildman–Crippen MR) is 94.6 cm³/mol. The van der Waals surface area contributed by atoms with E-state index < -0.39 is 15.6 Å². The Labute approximate surface area is 150 Å². The number of rotatable bonds is 5. The van der Waals surface area contributed by atoms with Gasteiger partial charge in [0.15, 0.2) is 5.76 Å². The summed E-state index contributed by atoms with van der Waals surface area (Å²) in [5, 5.41) is 6.52. The van der Waals surface area contributed by atoms with Crippen molar-refractivity contribution >= 4 is 27.3 Å². The first-order valence-electron chi connectivity index (χ1n) is 7.80. The first kappa shape index (κ1) is 17.8. The normalized spacial score (nSPS) is 18.0. The Balaban J connectivity index is 1.72. The maximum absolute atomic E-state index is 12.8. The summed E-state index contributed by atoms with van der Waals surface area (Å²) in [6.07, 6.45) is 3.84. The summed E-state index contributed by atoms with van der Waals surface area (Å²) in [5.41, 5.74) is -0.419. The lowest BCUT2D eigenvalue weighted by atomic mass is 9.90.